The van der Waals surface area contributed by atoms with E-state index in [9.17, 15) is 4.79 Å². The number of aryl methyl sites for hydroxylation is 1. The fourth-order valence-electron chi connectivity index (χ4n) is 2.86. The molecule has 3 heterocycles. The van der Waals surface area contributed by atoms with Crippen LogP contribution < -0.4 is 5.32 Å². The molecule has 130 valence electrons. The first-order valence-electron chi connectivity index (χ1n) is 8.19. The van der Waals surface area contributed by atoms with Gasteiger partial charge in [0.15, 0.2) is 0 Å². The number of carbonyl (C=O) groups is 1. The van der Waals surface area contributed by atoms with Crippen molar-refractivity contribution in [2.75, 3.05) is 18.5 Å². The third-order valence-corrected chi connectivity index (χ3v) is 4.05. The molecule has 0 bridgehead atoms. The summed E-state index contributed by atoms with van der Waals surface area (Å²) in [5.41, 5.74) is 1.81. The predicted molar refractivity (Wildman–Crippen MR) is 88.0 cm³/mol. The minimum Gasteiger partial charge on any atom is -0.458 e. The van der Waals surface area contributed by atoms with E-state index in [1.54, 1.807) is 6.20 Å². The highest BCUT2D eigenvalue weighted by Crippen LogP contribution is 2.20. The summed E-state index contributed by atoms with van der Waals surface area (Å²) in [5, 5.41) is 7.85. The van der Waals surface area contributed by atoms with Gasteiger partial charge in [-0.25, -0.2) is 14.5 Å². The summed E-state index contributed by atoms with van der Waals surface area (Å²) < 4.78 is 12.6. The van der Waals surface area contributed by atoms with Crippen molar-refractivity contribution < 1.29 is 14.3 Å². The van der Waals surface area contributed by atoms with Crippen LogP contribution >= 0.6 is 0 Å². The van der Waals surface area contributed by atoms with Crippen molar-refractivity contribution in [3.8, 4) is 0 Å². The maximum atomic E-state index is 11.3. The van der Waals surface area contributed by atoms with E-state index < -0.39 is 0 Å². The van der Waals surface area contributed by atoms with Crippen molar-refractivity contribution in [1.29, 1.82) is 0 Å². The van der Waals surface area contributed by atoms with Crippen molar-refractivity contribution >= 4 is 17.4 Å². The number of fused-ring (bicyclic) bond motifs is 1. The maximum absolute atomic E-state index is 11.3. The number of hydrogen-bond acceptors (Lipinski definition) is 7. The van der Waals surface area contributed by atoms with Gasteiger partial charge >= 0.3 is 5.97 Å². The lowest BCUT2D eigenvalue weighted by Gasteiger charge is -2.31. The molecule has 2 atom stereocenters. The summed E-state index contributed by atoms with van der Waals surface area (Å²) in [7, 11) is 0. The van der Waals surface area contributed by atoms with Crippen LogP contribution in [-0.2, 0) is 14.3 Å². The molecule has 2 aromatic heterocycles. The topological polar surface area (TPSA) is 90.6 Å². The molecule has 8 heteroatoms. The molecule has 0 amide bonds. The molecule has 1 aliphatic rings. The monoisotopic (exact) mass is 333 g/mol. The van der Waals surface area contributed by atoms with Crippen LogP contribution in [0.1, 0.15) is 44.6 Å². The molecule has 0 spiro atoms. The second kappa shape index (κ2) is 6.72. The Morgan fingerprint density at radius 3 is 3.00 bits per heavy atom. The number of nitrogens with zero attached hydrogens (tertiary/aromatic N) is 4. The number of aromatic nitrogens is 4. The molecule has 24 heavy (non-hydrogen) atoms. The van der Waals surface area contributed by atoms with Gasteiger partial charge in [0.1, 0.15) is 17.4 Å². The van der Waals surface area contributed by atoms with E-state index in [0.29, 0.717) is 19.2 Å². The second-order valence-electron chi connectivity index (χ2n) is 6.35. The van der Waals surface area contributed by atoms with E-state index in [1.165, 1.54) is 6.92 Å². The quantitative estimate of drug-likeness (QED) is 0.851. The average molecular weight is 333 g/mol. The minimum absolute atomic E-state index is 0.0766. The first-order valence-corrected chi connectivity index (χ1v) is 8.19. The van der Waals surface area contributed by atoms with Crippen molar-refractivity contribution in [1.82, 2.24) is 19.6 Å². The SMILES string of the molecule is CC(=O)O[C@@H]1COCC[C@H]1Nc1ncc2c(C)nc(C(C)C)n2n1. The number of ether oxygens (including phenoxy) is 2. The van der Waals surface area contributed by atoms with E-state index >= 15 is 0 Å². The third kappa shape index (κ3) is 3.33. The van der Waals surface area contributed by atoms with Crippen LogP contribution in [0.25, 0.3) is 5.52 Å². The highest BCUT2D eigenvalue weighted by atomic mass is 16.6. The zero-order chi connectivity index (χ0) is 17.3. The van der Waals surface area contributed by atoms with Crippen LogP contribution in [0.15, 0.2) is 6.20 Å². The van der Waals surface area contributed by atoms with Crippen LogP contribution in [0.4, 0.5) is 5.95 Å². The number of rotatable bonds is 4. The smallest absolute Gasteiger partial charge is 0.303 e. The maximum Gasteiger partial charge on any atom is 0.303 e. The Morgan fingerprint density at radius 1 is 1.50 bits per heavy atom. The molecule has 8 nitrogen and oxygen atoms in total. The van der Waals surface area contributed by atoms with Crippen molar-refractivity contribution in [3.63, 3.8) is 0 Å². The summed E-state index contributed by atoms with van der Waals surface area (Å²) in [6.07, 6.45) is 2.15. The average Bonchev–Trinajstić information content (AvgIpc) is 2.86. The van der Waals surface area contributed by atoms with Crippen molar-refractivity contribution in [2.24, 2.45) is 0 Å². The molecule has 0 saturated carbocycles. The normalized spacial score (nSPS) is 21.2. The van der Waals surface area contributed by atoms with E-state index in [4.69, 9.17) is 9.47 Å². The molecule has 0 unspecified atom stereocenters. The Hall–Kier alpha value is -2.22. The first kappa shape index (κ1) is 16.6. The van der Waals surface area contributed by atoms with E-state index in [0.717, 1.165) is 23.5 Å². The van der Waals surface area contributed by atoms with Gasteiger partial charge in [-0.05, 0) is 13.3 Å². The molecule has 2 aromatic rings. The van der Waals surface area contributed by atoms with Gasteiger partial charge in [0, 0.05) is 19.4 Å². The summed E-state index contributed by atoms with van der Waals surface area (Å²) >= 11 is 0. The first-order chi connectivity index (χ1) is 11.5. The number of imidazole rings is 1. The van der Waals surface area contributed by atoms with Crippen molar-refractivity contribution in [2.45, 2.75) is 52.2 Å². The number of carbonyl (C=O) groups excluding carboxylic acids is 1. The zero-order valence-corrected chi connectivity index (χ0v) is 14.4. The molecule has 1 fully saturated rings. The summed E-state index contributed by atoms with van der Waals surface area (Å²) in [4.78, 5) is 20.2. The Kier molecular flexibility index (Phi) is 4.66. The molecule has 0 radical (unpaired) electrons. The highest BCUT2D eigenvalue weighted by molar-refractivity contribution is 5.66. The molecule has 1 aliphatic heterocycles. The molecular formula is C16H23N5O3. The minimum atomic E-state index is -0.343. The lowest BCUT2D eigenvalue weighted by atomic mass is 10.1. The summed E-state index contributed by atoms with van der Waals surface area (Å²) in [5.74, 6) is 1.33. The van der Waals surface area contributed by atoms with Crippen LogP contribution in [0.2, 0.25) is 0 Å². The zero-order valence-electron chi connectivity index (χ0n) is 14.4. The van der Waals surface area contributed by atoms with Crippen LogP contribution in [0.5, 0.6) is 0 Å². The molecule has 1 saturated heterocycles. The molecule has 0 aliphatic carbocycles. The molecule has 0 aromatic carbocycles. The standard InChI is InChI=1S/C16H23N5O3/c1-9(2)15-18-10(3)13-7-17-16(20-21(13)15)19-12-5-6-23-8-14(12)24-11(4)22/h7,9,12,14H,5-6,8H2,1-4H3,(H,19,20)/t12-,14-/m1/s1. The van der Waals surface area contributed by atoms with Crippen LogP contribution in [0.3, 0.4) is 0 Å². The van der Waals surface area contributed by atoms with Gasteiger partial charge in [0.2, 0.25) is 5.95 Å². The number of anilines is 1. The second-order valence-corrected chi connectivity index (χ2v) is 6.35. The fourth-order valence-corrected chi connectivity index (χ4v) is 2.86. The lowest BCUT2D eigenvalue weighted by Crippen LogP contribution is -2.44. The summed E-state index contributed by atoms with van der Waals surface area (Å²) in [6.45, 7) is 8.50. The molecular weight excluding hydrogens is 310 g/mol. The third-order valence-electron chi connectivity index (χ3n) is 4.05. The Morgan fingerprint density at radius 2 is 2.29 bits per heavy atom. The van der Waals surface area contributed by atoms with Gasteiger partial charge in [-0.1, -0.05) is 13.8 Å². The predicted octanol–water partition coefficient (Wildman–Crippen LogP) is 1.69. The number of hydrogen-bond donors (Lipinski definition) is 1. The Labute approximate surface area is 140 Å². The number of esters is 1. The van der Waals surface area contributed by atoms with E-state index in [1.807, 2.05) is 11.4 Å². The highest BCUT2D eigenvalue weighted by Gasteiger charge is 2.29. The summed E-state index contributed by atoms with van der Waals surface area (Å²) in [6, 6.07) is -0.0766. The van der Waals surface area contributed by atoms with Gasteiger partial charge in [-0.2, -0.15) is 0 Å². The Balaban J connectivity index is 1.86. The van der Waals surface area contributed by atoms with E-state index in [2.05, 4.69) is 34.2 Å². The van der Waals surface area contributed by atoms with Crippen molar-refractivity contribution in [3.05, 3.63) is 17.7 Å². The van der Waals surface area contributed by atoms with Gasteiger partial charge in [0.05, 0.1) is 24.5 Å². The van der Waals surface area contributed by atoms with Crippen LogP contribution in [0, 0.1) is 6.92 Å². The lowest BCUT2D eigenvalue weighted by molar-refractivity contribution is -0.153. The largest absolute Gasteiger partial charge is 0.458 e. The Bertz CT molecular complexity index is 743. The van der Waals surface area contributed by atoms with Crippen LogP contribution in [-0.4, -0.2) is 50.9 Å². The van der Waals surface area contributed by atoms with E-state index in [-0.39, 0.29) is 24.0 Å². The van der Waals surface area contributed by atoms with Gasteiger partial charge in [-0.3, -0.25) is 4.79 Å². The van der Waals surface area contributed by atoms with Gasteiger partial charge in [0.25, 0.3) is 0 Å². The number of nitrogens with one attached hydrogen (secondary N) is 1. The molecule has 1 N–H and O–H groups in total. The molecule has 3 rings (SSSR count). The fraction of sp³-hybridized carbons (Fsp3) is 0.625. The van der Waals surface area contributed by atoms with Gasteiger partial charge in [-0.15, -0.1) is 5.10 Å². The van der Waals surface area contributed by atoms with Gasteiger partial charge < -0.3 is 14.8 Å².